The third-order valence-corrected chi connectivity index (χ3v) is 5.69. The molecule has 0 fully saturated rings. The molecule has 0 aliphatic carbocycles. The first-order valence-electron chi connectivity index (χ1n) is 8.56. The monoisotopic (exact) mass is 400 g/mol. The number of aryl methyl sites for hydroxylation is 4. The van der Waals surface area contributed by atoms with Crippen LogP contribution in [0.1, 0.15) is 22.3 Å². The second-order valence-corrected chi connectivity index (χ2v) is 7.78. The smallest absolute Gasteiger partial charge is 0.264 e. The van der Waals surface area contributed by atoms with Crippen molar-refractivity contribution >= 4 is 34.0 Å². The molecule has 0 aliphatic rings. The maximum atomic E-state index is 12.2. The molecule has 0 aliphatic heterocycles. The molecule has 6 heteroatoms. The summed E-state index contributed by atoms with van der Waals surface area (Å²) in [5, 5.41) is 6.00. The van der Waals surface area contributed by atoms with E-state index in [1.165, 1.54) is 22.5 Å². The van der Waals surface area contributed by atoms with Crippen LogP contribution in [0.25, 0.3) is 11.3 Å². The highest BCUT2D eigenvalue weighted by Crippen LogP contribution is 2.27. The van der Waals surface area contributed by atoms with Crippen molar-refractivity contribution in [3.8, 4) is 17.0 Å². The predicted octanol–water partition coefficient (Wildman–Crippen LogP) is 5.71. The molecule has 0 radical (unpaired) electrons. The standard InChI is InChI=1S/C21H21ClN2O2S/c1-12-5-6-16(7-13(12)2)18-11-27-21(23-18)24-19(25)10-26-17-8-14(3)20(22)15(4)9-17/h5-9,11H,10H2,1-4H3,(H,23,24,25). The SMILES string of the molecule is Cc1ccc(-c2csc(NC(=O)COc3cc(C)c(Cl)c(C)c3)n2)cc1C. The fraction of sp³-hybridized carbons (Fsp3) is 0.238. The quantitative estimate of drug-likeness (QED) is 0.596. The Labute approximate surface area is 168 Å². The van der Waals surface area contributed by atoms with Gasteiger partial charge >= 0.3 is 0 Å². The number of carbonyl (C=O) groups is 1. The van der Waals surface area contributed by atoms with E-state index < -0.39 is 0 Å². The first-order valence-corrected chi connectivity index (χ1v) is 9.82. The Morgan fingerprint density at radius 3 is 2.44 bits per heavy atom. The van der Waals surface area contributed by atoms with E-state index in [9.17, 15) is 4.79 Å². The minimum atomic E-state index is -0.249. The van der Waals surface area contributed by atoms with E-state index >= 15 is 0 Å². The topological polar surface area (TPSA) is 51.2 Å². The molecule has 1 N–H and O–H groups in total. The molecular weight excluding hydrogens is 380 g/mol. The average Bonchev–Trinajstić information content (AvgIpc) is 3.08. The number of rotatable bonds is 5. The zero-order valence-electron chi connectivity index (χ0n) is 15.7. The fourth-order valence-corrected chi connectivity index (χ4v) is 3.50. The van der Waals surface area contributed by atoms with Crippen LogP contribution in [0.4, 0.5) is 5.13 Å². The van der Waals surface area contributed by atoms with Crippen LogP contribution in [0.2, 0.25) is 5.02 Å². The van der Waals surface area contributed by atoms with Gasteiger partial charge in [0.15, 0.2) is 11.7 Å². The maximum Gasteiger partial charge on any atom is 0.264 e. The summed E-state index contributed by atoms with van der Waals surface area (Å²) in [7, 11) is 0. The molecule has 4 nitrogen and oxygen atoms in total. The third kappa shape index (κ3) is 4.67. The number of nitrogens with zero attached hydrogens (tertiary/aromatic N) is 1. The minimum Gasteiger partial charge on any atom is -0.484 e. The van der Waals surface area contributed by atoms with Crippen LogP contribution < -0.4 is 10.1 Å². The number of hydrogen-bond acceptors (Lipinski definition) is 4. The van der Waals surface area contributed by atoms with Crippen molar-refractivity contribution in [2.24, 2.45) is 0 Å². The van der Waals surface area contributed by atoms with E-state index in [1.54, 1.807) is 0 Å². The molecule has 0 spiro atoms. The molecule has 0 saturated heterocycles. The van der Waals surface area contributed by atoms with Crippen molar-refractivity contribution in [1.82, 2.24) is 4.98 Å². The molecule has 1 heterocycles. The minimum absolute atomic E-state index is 0.0843. The van der Waals surface area contributed by atoms with Crippen molar-refractivity contribution < 1.29 is 9.53 Å². The summed E-state index contributed by atoms with van der Waals surface area (Å²) in [6.07, 6.45) is 0. The van der Waals surface area contributed by atoms with Crippen molar-refractivity contribution in [3.05, 3.63) is 63.0 Å². The van der Waals surface area contributed by atoms with Crippen LogP contribution in [0.15, 0.2) is 35.7 Å². The van der Waals surface area contributed by atoms with E-state index in [0.29, 0.717) is 15.9 Å². The summed E-state index contributed by atoms with van der Waals surface area (Å²) in [5.74, 6) is 0.376. The normalized spacial score (nSPS) is 10.7. The van der Waals surface area contributed by atoms with E-state index in [1.807, 2.05) is 37.4 Å². The van der Waals surface area contributed by atoms with Gasteiger partial charge in [0.1, 0.15) is 5.75 Å². The Bertz CT molecular complexity index is 975. The maximum absolute atomic E-state index is 12.2. The number of carbonyl (C=O) groups excluding carboxylic acids is 1. The van der Waals surface area contributed by atoms with Crippen LogP contribution in [0.3, 0.4) is 0 Å². The fourth-order valence-electron chi connectivity index (χ4n) is 2.66. The number of aromatic nitrogens is 1. The molecule has 3 aromatic rings. The molecule has 0 unspecified atom stereocenters. The summed E-state index contributed by atoms with van der Waals surface area (Å²) in [5.41, 5.74) is 6.19. The van der Waals surface area contributed by atoms with Gasteiger partial charge in [0.2, 0.25) is 0 Å². The van der Waals surface area contributed by atoms with Gasteiger partial charge in [-0.05, 0) is 68.1 Å². The predicted molar refractivity (Wildman–Crippen MR) is 112 cm³/mol. The molecule has 3 rings (SSSR count). The first kappa shape index (κ1) is 19.4. The van der Waals surface area contributed by atoms with Crippen LogP contribution in [-0.2, 0) is 4.79 Å². The van der Waals surface area contributed by atoms with Crippen LogP contribution in [0, 0.1) is 27.7 Å². The summed E-state index contributed by atoms with van der Waals surface area (Å²) >= 11 is 7.54. The van der Waals surface area contributed by atoms with Gasteiger partial charge in [0.25, 0.3) is 5.91 Å². The van der Waals surface area contributed by atoms with Crippen molar-refractivity contribution in [2.75, 3.05) is 11.9 Å². The molecule has 0 atom stereocenters. The Morgan fingerprint density at radius 2 is 1.78 bits per heavy atom. The molecule has 140 valence electrons. The number of benzene rings is 2. The van der Waals surface area contributed by atoms with Crippen LogP contribution in [-0.4, -0.2) is 17.5 Å². The molecule has 2 aromatic carbocycles. The Kier molecular flexibility index (Phi) is 5.82. The number of nitrogens with one attached hydrogen (secondary N) is 1. The number of ether oxygens (including phenoxy) is 1. The molecular formula is C21H21ClN2O2S. The van der Waals surface area contributed by atoms with Crippen molar-refractivity contribution in [3.63, 3.8) is 0 Å². The zero-order valence-corrected chi connectivity index (χ0v) is 17.3. The van der Waals surface area contributed by atoms with Gasteiger partial charge in [-0.3, -0.25) is 10.1 Å². The lowest BCUT2D eigenvalue weighted by molar-refractivity contribution is -0.118. The van der Waals surface area contributed by atoms with Gasteiger partial charge in [-0.2, -0.15) is 0 Å². The van der Waals surface area contributed by atoms with Gasteiger partial charge in [0.05, 0.1) is 5.69 Å². The average molecular weight is 401 g/mol. The second-order valence-electron chi connectivity index (χ2n) is 6.54. The molecule has 0 saturated carbocycles. The summed E-state index contributed by atoms with van der Waals surface area (Å²) in [6, 6.07) is 9.86. The zero-order chi connectivity index (χ0) is 19.6. The second kappa shape index (κ2) is 8.11. The first-order chi connectivity index (χ1) is 12.8. The Balaban J connectivity index is 1.62. The summed E-state index contributed by atoms with van der Waals surface area (Å²) in [4.78, 5) is 16.7. The van der Waals surface area contributed by atoms with E-state index in [2.05, 4.69) is 36.3 Å². The van der Waals surface area contributed by atoms with Crippen molar-refractivity contribution in [1.29, 1.82) is 0 Å². The summed E-state index contributed by atoms with van der Waals surface area (Å²) < 4.78 is 5.58. The highest BCUT2D eigenvalue weighted by molar-refractivity contribution is 7.14. The van der Waals surface area contributed by atoms with Gasteiger partial charge in [-0.25, -0.2) is 4.98 Å². The van der Waals surface area contributed by atoms with Gasteiger partial charge < -0.3 is 4.74 Å². The molecule has 0 bridgehead atoms. The molecule has 1 amide bonds. The summed E-state index contributed by atoms with van der Waals surface area (Å²) in [6.45, 7) is 7.89. The lowest BCUT2D eigenvalue weighted by Gasteiger charge is -2.09. The highest BCUT2D eigenvalue weighted by Gasteiger charge is 2.10. The largest absolute Gasteiger partial charge is 0.484 e. The Hall–Kier alpha value is -2.37. The lowest BCUT2D eigenvalue weighted by atomic mass is 10.1. The number of hydrogen-bond donors (Lipinski definition) is 1. The third-order valence-electron chi connectivity index (χ3n) is 4.33. The van der Waals surface area contributed by atoms with Crippen LogP contribution in [0.5, 0.6) is 5.75 Å². The van der Waals surface area contributed by atoms with E-state index in [0.717, 1.165) is 22.4 Å². The number of amides is 1. The van der Waals surface area contributed by atoms with Gasteiger partial charge in [-0.15, -0.1) is 11.3 Å². The van der Waals surface area contributed by atoms with Crippen LogP contribution >= 0.6 is 22.9 Å². The molecule has 1 aromatic heterocycles. The Morgan fingerprint density at radius 1 is 1.07 bits per heavy atom. The number of anilines is 1. The molecule has 27 heavy (non-hydrogen) atoms. The lowest BCUT2D eigenvalue weighted by Crippen LogP contribution is -2.20. The van der Waals surface area contributed by atoms with E-state index in [-0.39, 0.29) is 12.5 Å². The van der Waals surface area contributed by atoms with Crippen molar-refractivity contribution in [2.45, 2.75) is 27.7 Å². The highest BCUT2D eigenvalue weighted by atomic mass is 35.5. The number of thiazole rings is 1. The number of halogens is 1. The van der Waals surface area contributed by atoms with Gasteiger partial charge in [-0.1, -0.05) is 23.7 Å². The van der Waals surface area contributed by atoms with Gasteiger partial charge in [0, 0.05) is 16.0 Å². The van der Waals surface area contributed by atoms with E-state index in [4.69, 9.17) is 16.3 Å².